The van der Waals surface area contributed by atoms with Crippen LogP contribution in [-0.2, 0) is 4.74 Å². The van der Waals surface area contributed by atoms with Crippen LogP contribution in [0.1, 0.15) is 24.3 Å². The molecule has 16 heavy (non-hydrogen) atoms. The molecule has 0 atom stereocenters. The molecular weight excluding hydrogens is 214 g/mol. The minimum Gasteiger partial charge on any atom is -0.476 e. The Balaban J connectivity index is 2.19. The molecule has 0 bridgehead atoms. The van der Waals surface area contributed by atoms with Crippen LogP contribution in [0, 0.1) is 5.92 Å². The molecule has 0 amide bonds. The van der Waals surface area contributed by atoms with Crippen LogP contribution in [-0.4, -0.2) is 35.9 Å². The van der Waals surface area contributed by atoms with E-state index in [4.69, 9.17) is 19.0 Å². The first kappa shape index (κ1) is 12.5. The number of hydrogen-bond acceptors (Lipinski definition) is 5. The van der Waals surface area contributed by atoms with E-state index in [9.17, 15) is 4.79 Å². The third-order valence-electron chi connectivity index (χ3n) is 1.61. The van der Waals surface area contributed by atoms with Crippen LogP contribution in [0.3, 0.4) is 0 Å². The summed E-state index contributed by atoms with van der Waals surface area (Å²) >= 11 is 0. The number of carbonyl (C=O) groups is 1. The van der Waals surface area contributed by atoms with Gasteiger partial charge in [0.1, 0.15) is 12.9 Å². The zero-order chi connectivity index (χ0) is 12.0. The van der Waals surface area contributed by atoms with Crippen molar-refractivity contribution in [3.63, 3.8) is 0 Å². The lowest BCUT2D eigenvalue weighted by Crippen LogP contribution is -2.10. The van der Waals surface area contributed by atoms with Crippen molar-refractivity contribution in [3.8, 4) is 6.08 Å². The molecule has 1 N–H and O–H groups in total. The molecule has 0 unspecified atom stereocenters. The molecule has 6 nitrogen and oxygen atoms in total. The fraction of sp³-hybridized carbons (Fsp3) is 0.600. The quantitative estimate of drug-likeness (QED) is 0.712. The van der Waals surface area contributed by atoms with Crippen molar-refractivity contribution in [3.05, 3.63) is 12.0 Å². The predicted molar refractivity (Wildman–Crippen MR) is 54.6 cm³/mol. The van der Waals surface area contributed by atoms with Gasteiger partial charge in [0.2, 0.25) is 0 Å². The van der Waals surface area contributed by atoms with Crippen molar-refractivity contribution >= 4 is 5.97 Å². The highest BCUT2D eigenvalue weighted by Gasteiger charge is 2.10. The molecule has 0 aliphatic rings. The predicted octanol–water partition coefficient (Wildman–Crippen LogP) is 1.42. The summed E-state index contributed by atoms with van der Waals surface area (Å²) in [7, 11) is 0. The van der Waals surface area contributed by atoms with Crippen LogP contribution in [0.15, 0.2) is 10.7 Å². The van der Waals surface area contributed by atoms with Crippen molar-refractivity contribution in [2.45, 2.75) is 13.8 Å². The molecule has 0 saturated carbocycles. The maximum absolute atomic E-state index is 10.5. The Kier molecular flexibility index (Phi) is 4.78. The van der Waals surface area contributed by atoms with Crippen molar-refractivity contribution < 1.29 is 23.8 Å². The normalized spacial score (nSPS) is 10.7. The summed E-state index contributed by atoms with van der Waals surface area (Å²) in [6, 6.07) is 0. The molecule has 0 aliphatic heterocycles. The zero-order valence-electron chi connectivity index (χ0n) is 9.30. The second kappa shape index (κ2) is 6.12. The maximum atomic E-state index is 10.5. The highest BCUT2D eigenvalue weighted by Crippen LogP contribution is 2.09. The van der Waals surface area contributed by atoms with Crippen LogP contribution >= 0.6 is 0 Å². The van der Waals surface area contributed by atoms with E-state index in [1.807, 2.05) is 13.8 Å². The van der Waals surface area contributed by atoms with E-state index in [1.54, 1.807) is 0 Å². The van der Waals surface area contributed by atoms with Gasteiger partial charge in [0.05, 0.1) is 6.61 Å². The van der Waals surface area contributed by atoms with Gasteiger partial charge in [-0.2, -0.15) is 4.98 Å². The Morgan fingerprint density at radius 1 is 1.56 bits per heavy atom. The summed E-state index contributed by atoms with van der Waals surface area (Å²) in [6.07, 6.45) is 0.984. The molecule has 0 radical (unpaired) electrons. The van der Waals surface area contributed by atoms with Crippen LogP contribution in [0.4, 0.5) is 0 Å². The molecule has 0 spiro atoms. The Labute approximate surface area is 93.2 Å². The summed E-state index contributed by atoms with van der Waals surface area (Å²) in [5.41, 5.74) is -0.168. The fourth-order valence-corrected chi connectivity index (χ4v) is 0.929. The van der Waals surface area contributed by atoms with Crippen molar-refractivity contribution in [1.82, 2.24) is 4.98 Å². The molecule has 0 aromatic carbocycles. The van der Waals surface area contributed by atoms with Crippen molar-refractivity contribution in [2.24, 2.45) is 5.92 Å². The maximum Gasteiger partial charge on any atom is 0.394 e. The van der Waals surface area contributed by atoms with Gasteiger partial charge >= 0.3 is 12.0 Å². The van der Waals surface area contributed by atoms with Gasteiger partial charge in [-0.15, -0.1) is 0 Å². The van der Waals surface area contributed by atoms with Gasteiger partial charge in [0.25, 0.3) is 0 Å². The molecule has 1 rings (SSSR count). The van der Waals surface area contributed by atoms with E-state index in [0.717, 1.165) is 6.26 Å². The highest BCUT2D eigenvalue weighted by atomic mass is 16.6. The Bertz CT molecular complexity index is 334. The number of aromatic carboxylic acids is 1. The average molecular weight is 229 g/mol. The van der Waals surface area contributed by atoms with Crippen molar-refractivity contribution in [2.75, 3.05) is 19.8 Å². The molecule has 0 saturated heterocycles. The van der Waals surface area contributed by atoms with Gasteiger partial charge in [0.15, 0.2) is 5.69 Å². The summed E-state index contributed by atoms with van der Waals surface area (Å²) < 4.78 is 15.1. The number of carboxylic acids is 1. The molecule has 1 heterocycles. The highest BCUT2D eigenvalue weighted by molar-refractivity contribution is 5.84. The minimum absolute atomic E-state index is 0.0504. The lowest BCUT2D eigenvalue weighted by Gasteiger charge is -2.05. The fourth-order valence-electron chi connectivity index (χ4n) is 0.929. The topological polar surface area (TPSA) is 81.8 Å². The van der Waals surface area contributed by atoms with Gasteiger partial charge in [0, 0.05) is 6.61 Å². The first-order valence-corrected chi connectivity index (χ1v) is 4.99. The number of ether oxygens (including phenoxy) is 2. The zero-order valence-corrected chi connectivity index (χ0v) is 9.30. The van der Waals surface area contributed by atoms with E-state index in [2.05, 4.69) is 4.98 Å². The summed E-state index contributed by atoms with van der Waals surface area (Å²) in [5, 5.41) is 8.57. The number of oxazole rings is 1. The molecule has 90 valence electrons. The monoisotopic (exact) mass is 229 g/mol. The van der Waals surface area contributed by atoms with Gasteiger partial charge < -0.3 is 19.0 Å². The lowest BCUT2D eigenvalue weighted by molar-refractivity contribution is 0.0687. The Hall–Kier alpha value is -1.56. The van der Waals surface area contributed by atoms with E-state index in [-0.39, 0.29) is 18.4 Å². The number of carboxylic acid groups (broad SMARTS) is 1. The van der Waals surface area contributed by atoms with Crippen LogP contribution in [0.25, 0.3) is 0 Å². The molecular formula is C10H15NO5. The Morgan fingerprint density at radius 3 is 2.88 bits per heavy atom. The smallest absolute Gasteiger partial charge is 0.394 e. The third-order valence-corrected chi connectivity index (χ3v) is 1.61. The Morgan fingerprint density at radius 2 is 2.31 bits per heavy atom. The summed E-state index contributed by atoms with van der Waals surface area (Å²) in [5.74, 6) is -0.671. The minimum atomic E-state index is -1.14. The molecule has 0 aliphatic carbocycles. The van der Waals surface area contributed by atoms with E-state index in [1.165, 1.54) is 0 Å². The summed E-state index contributed by atoms with van der Waals surface area (Å²) in [4.78, 5) is 14.1. The van der Waals surface area contributed by atoms with E-state index in [0.29, 0.717) is 19.1 Å². The van der Waals surface area contributed by atoms with Crippen LogP contribution in [0.5, 0.6) is 6.08 Å². The lowest BCUT2D eigenvalue weighted by atomic mass is 10.2. The van der Waals surface area contributed by atoms with Gasteiger partial charge in [-0.25, -0.2) is 4.79 Å². The molecule has 0 fully saturated rings. The van der Waals surface area contributed by atoms with Gasteiger partial charge in [-0.05, 0) is 5.92 Å². The number of nitrogens with zero attached hydrogens (tertiary/aromatic N) is 1. The largest absolute Gasteiger partial charge is 0.476 e. The van der Waals surface area contributed by atoms with Crippen LogP contribution < -0.4 is 4.74 Å². The van der Waals surface area contributed by atoms with Crippen LogP contribution in [0.2, 0.25) is 0 Å². The first-order valence-electron chi connectivity index (χ1n) is 4.99. The SMILES string of the molecule is CC(C)COCCOc1nc(C(=O)O)co1. The van der Waals surface area contributed by atoms with E-state index >= 15 is 0 Å². The van der Waals surface area contributed by atoms with E-state index < -0.39 is 5.97 Å². The van der Waals surface area contributed by atoms with Gasteiger partial charge in [-0.1, -0.05) is 13.8 Å². The molecule has 1 aromatic rings. The standard InChI is InChI=1S/C10H15NO5/c1-7(2)5-14-3-4-15-10-11-8(6-16-10)9(12)13/h6-7H,3-5H2,1-2H3,(H,12,13). The van der Waals surface area contributed by atoms with Crippen molar-refractivity contribution in [1.29, 1.82) is 0 Å². The number of hydrogen-bond donors (Lipinski definition) is 1. The molecule has 6 heteroatoms. The number of aromatic nitrogens is 1. The third kappa shape index (κ3) is 4.31. The number of rotatable bonds is 7. The second-order valence-electron chi connectivity index (χ2n) is 3.62. The summed E-state index contributed by atoms with van der Waals surface area (Å²) in [6.45, 7) is 5.47. The molecule has 1 aromatic heterocycles. The second-order valence-corrected chi connectivity index (χ2v) is 3.62. The first-order chi connectivity index (χ1) is 7.59. The van der Waals surface area contributed by atoms with Gasteiger partial charge in [-0.3, -0.25) is 0 Å². The average Bonchev–Trinajstić information content (AvgIpc) is 2.65.